The minimum atomic E-state index is -4.37. The van der Waals surface area contributed by atoms with Crippen molar-refractivity contribution in [2.24, 2.45) is 0 Å². The van der Waals surface area contributed by atoms with Gasteiger partial charge in [-0.2, -0.15) is 0 Å². The van der Waals surface area contributed by atoms with Crippen molar-refractivity contribution in [3.05, 3.63) is 122 Å². The van der Waals surface area contributed by atoms with E-state index in [4.69, 9.17) is 9.05 Å². The number of amides is 1. The summed E-state index contributed by atoms with van der Waals surface area (Å²) in [5.41, 5.74) is 0. The van der Waals surface area contributed by atoms with E-state index in [9.17, 15) is 19.4 Å². The van der Waals surface area contributed by atoms with E-state index in [0.717, 1.165) is 103 Å². The second kappa shape index (κ2) is 47.0. The summed E-state index contributed by atoms with van der Waals surface area (Å²) in [6, 6.07) is -0.884. The minimum Gasteiger partial charge on any atom is -0.387 e. The molecule has 0 rings (SSSR count). The van der Waals surface area contributed by atoms with E-state index in [0.29, 0.717) is 17.4 Å². The van der Waals surface area contributed by atoms with Crippen LogP contribution in [0.2, 0.25) is 0 Å². The zero-order chi connectivity index (χ0) is 48.5. The molecule has 0 aliphatic carbocycles. The lowest BCUT2D eigenvalue weighted by molar-refractivity contribution is -0.870. The zero-order valence-corrected chi connectivity index (χ0v) is 43.5. The maximum atomic E-state index is 12.9. The van der Waals surface area contributed by atoms with Crippen molar-refractivity contribution in [2.75, 3.05) is 40.9 Å². The maximum absolute atomic E-state index is 12.9. The Morgan fingerprint density at radius 3 is 1.39 bits per heavy atom. The standard InChI is InChI=1S/C57H97N2O6P/c1-6-8-10-12-14-16-18-20-22-23-24-25-26-27-28-29-30-31-32-33-34-35-37-39-41-43-45-47-49-51-57(61)58-55(54-65-66(62,63)64-53-52-59(3,4)5)56(60)50-48-46-44-42-40-38-36-21-19-17-15-13-11-9-7-2/h8,10,14,16,19-22,24-25,27-28,30-31,33-34,40,42,48,50,55-56,60H,6-7,9,11-13,15,17-18,23,26,29,32,35-39,41,43-47,49,51-54H2,1-5H3,(H-,58,61,62,63)/p+1/b10-8-,16-14-,21-19+,22-20-,25-24-,28-27-,31-30-,34-33-,42-40+,50-48+. The quantitative estimate of drug-likeness (QED) is 0.0243. The first-order chi connectivity index (χ1) is 32.0. The first-order valence-corrected chi connectivity index (χ1v) is 27.4. The van der Waals surface area contributed by atoms with Crippen molar-refractivity contribution in [1.29, 1.82) is 0 Å². The molecule has 0 aromatic heterocycles. The molecule has 0 bridgehead atoms. The molecular weight excluding hydrogens is 840 g/mol. The molecule has 8 nitrogen and oxygen atoms in total. The predicted octanol–water partition coefficient (Wildman–Crippen LogP) is 15.4. The number of hydrogen-bond acceptors (Lipinski definition) is 5. The van der Waals surface area contributed by atoms with Crippen molar-refractivity contribution in [1.82, 2.24) is 5.32 Å². The fourth-order valence-electron chi connectivity index (χ4n) is 6.58. The Kier molecular flexibility index (Phi) is 44.8. The van der Waals surface area contributed by atoms with Crippen LogP contribution in [0.1, 0.15) is 181 Å². The number of carbonyl (C=O) groups excluding carboxylic acids is 1. The van der Waals surface area contributed by atoms with Gasteiger partial charge in [-0.25, -0.2) is 4.57 Å². The van der Waals surface area contributed by atoms with E-state index in [1.54, 1.807) is 6.08 Å². The highest BCUT2D eigenvalue weighted by Gasteiger charge is 2.27. The second-order valence-electron chi connectivity index (χ2n) is 18.1. The van der Waals surface area contributed by atoms with Crippen LogP contribution >= 0.6 is 7.82 Å². The third kappa shape index (κ3) is 48.8. The van der Waals surface area contributed by atoms with Crippen LogP contribution in [0.25, 0.3) is 0 Å². The highest BCUT2D eigenvalue weighted by Crippen LogP contribution is 2.43. The van der Waals surface area contributed by atoms with E-state index in [1.807, 2.05) is 27.2 Å². The lowest BCUT2D eigenvalue weighted by Crippen LogP contribution is -2.45. The molecule has 3 atom stereocenters. The molecule has 0 aliphatic rings. The van der Waals surface area contributed by atoms with Crippen molar-refractivity contribution < 1.29 is 32.9 Å². The predicted molar refractivity (Wildman–Crippen MR) is 285 cm³/mol. The summed E-state index contributed by atoms with van der Waals surface area (Å²) >= 11 is 0. The van der Waals surface area contributed by atoms with Crippen molar-refractivity contribution in [2.45, 2.75) is 193 Å². The number of aliphatic hydroxyl groups excluding tert-OH is 1. The molecule has 0 aromatic rings. The number of allylic oxidation sites excluding steroid dienone is 19. The summed E-state index contributed by atoms with van der Waals surface area (Å²) in [6.45, 7) is 4.62. The van der Waals surface area contributed by atoms with Gasteiger partial charge in [-0.1, -0.05) is 193 Å². The lowest BCUT2D eigenvalue weighted by Gasteiger charge is -2.25. The van der Waals surface area contributed by atoms with Gasteiger partial charge in [0.15, 0.2) is 0 Å². The minimum absolute atomic E-state index is 0.0441. The van der Waals surface area contributed by atoms with E-state index in [-0.39, 0.29) is 19.1 Å². The molecule has 0 radical (unpaired) electrons. The number of aliphatic hydroxyl groups is 1. The summed E-state index contributed by atoms with van der Waals surface area (Å²) in [4.78, 5) is 23.2. The van der Waals surface area contributed by atoms with Gasteiger partial charge < -0.3 is 19.8 Å². The molecule has 1 amide bonds. The van der Waals surface area contributed by atoms with Gasteiger partial charge in [-0.3, -0.25) is 13.8 Å². The van der Waals surface area contributed by atoms with Crippen LogP contribution in [0.4, 0.5) is 0 Å². The first-order valence-electron chi connectivity index (χ1n) is 25.9. The third-order valence-corrected chi connectivity index (χ3v) is 11.6. The number of unbranched alkanes of at least 4 members (excludes halogenated alkanes) is 14. The Hall–Kier alpha value is -3.10. The van der Waals surface area contributed by atoms with Crippen LogP contribution in [0.3, 0.4) is 0 Å². The molecule has 9 heteroatoms. The van der Waals surface area contributed by atoms with Gasteiger partial charge >= 0.3 is 7.82 Å². The summed E-state index contributed by atoms with van der Waals surface area (Å²) in [6.07, 6.45) is 70.0. The van der Waals surface area contributed by atoms with Gasteiger partial charge in [-0.05, 0) is 103 Å². The molecule has 3 unspecified atom stereocenters. The Morgan fingerprint density at radius 1 is 0.530 bits per heavy atom. The van der Waals surface area contributed by atoms with Crippen molar-refractivity contribution in [3.8, 4) is 0 Å². The average Bonchev–Trinajstić information content (AvgIpc) is 3.28. The topological polar surface area (TPSA) is 105 Å². The SMILES string of the molecule is CC/C=C\C/C=C\C/C=C\C/C=C\C/C=C\C/C=C\C/C=C\CCCCCCCCCC(=O)NC(COP(=O)(O)OCC[N+](C)(C)C)C(O)/C=C/CC/C=C/CC/C=C/CCCCCCC. The van der Waals surface area contributed by atoms with Crippen LogP contribution < -0.4 is 5.32 Å². The zero-order valence-electron chi connectivity index (χ0n) is 42.6. The number of quaternary nitrogens is 1. The van der Waals surface area contributed by atoms with E-state index in [2.05, 4.69) is 129 Å². The largest absolute Gasteiger partial charge is 0.472 e. The van der Waals surface area contributed by atoms with E-state index < -0.39 is 20.0 Å². The fraction of sp³-hybridized carbons (Fsp3) is 0.632. The van der Waals surface area contributed by atoms with Crippen LogP contribution in [0, 0.1) is 0 Å². The molecule has 0 saturated carbocycles. The Labute approximate surface area is 405 Å². The van der Waals surface area contributed by atoms with Crippen LogP contribution in [-0.2, 0) is 18.4 Å². The first kappa shape index (κ1) is 62.9. The number of hydrogen-bond donors (Lipinski definition) is 3. The number of phosphoric acid groups is 1. The van der Waals surface area contributed by atoms with E-state index in [1.165, 1.54) is 57.8 Å². The van der Waals surface area contributed by atoms with Gasteiger partial charge in [0.1, 0.15) is 13.2 Å². The molecule has 3 N–H and O–H groups in total. The van der Waals surface area contributed by atoms with Gasteiger partial charge in [0.2, 0.25) is 5.91 Å². The van der Waals surface area contributed by atoms with Crippen molar-refractivity contribution >= 4 is 13.7 Å². The number of likely N-dealkylation sites (N-methyl/N-ethyl adjacent to an activating group) is 1. The highest BCUT2D eigenvalue weighted by molar-refractivity contribution is 7.47. The summed E-state index contributed by atoms with van der Waals surface area (Å²) in [5, 5.41) is 13.8. The molecule has 0 heterocycles. The van der Waals surface area contributed by atoms with Crippen LogP contribution in [0.15, 0.2) is 122 Å². The van der Waals surface area contributed by atoms with E-state index >= 15 is 0 Å². The van der Waals surface area contributed by atoms with Crippen LogP contribution in [-0.4, -0.2) is 73.4 Å². The summed E-state index contributed by atoms with van der Waals surface area (Å²) in [7, 11) is 1.52. The molecule has 376 valence electrons. The molecule has 0 aliphatic heterocycles. The fourth-order valence-corrected chi connectivity index (χ4v) is 7.32. The Balaban J connectivity index is 4.35. The monoisotopic (exact) mass is 938 g/mol. The highest BCUT2D eigenvalue weighted by atomic mass is 31.2. The Morgan fingerprint density at radius 2 is 0.924 bits per heavy atom. The summed E-state index contributed by atoms with van der Waals surface area (Å²) < 4.78 is 23.6. The molecule has 0 saturated heterocycles. The molecule has 66 heavy (non-hydrogen) atoms. The molecule has 0 aromatic carbocycles. The number of carbonyl (C=O) groups is 1. The number of nitrogens with zero attached hydrogens (tertiary/aromatic N) is 1. The Bertz CT molecular complexity index is 1480. The van der Waals surface area contributed by atoms with Gasteiger partial charge in [0.25, 0.3) is 0 Å². The van der Waals surface area contributed by atoms with Gasteiger partial charge in [0, 0.05) is 6.42 Å². The van der Waals surface area contributed by atoms with Gasteiger partial charge in [0.05, 0.1) is 39.9 Å². The summed E-state index contributed by atoms with van der Waals surface area (Å²) in [5.74, 6) is -0.209. The number of phosphoric ester groups is 1. The van der Waals surface area contributed by atoms with Gasteiger partial charge in [-0.15, -0.1) is 0 Å². The average molecular weight is 938 g/mol. The normalized spacial score (nSPS) is 15.1. The number of rotatable bonds is 45. The lowest BCUT2D eigenvalue weighted by atomic mass is 10.1. The molecule has 0 fully saturated rings. The second-order valence-corrected chi connectivity index (χ2v) is 19.6. The maximum Gasteiger partial charge on any atom is 0.472 e. The van der Waals surface area contributed by atoms with Crippen molar-refractivity contribution in [3.63, 3.8) is 0 Å². The smallest absolute Gasteiger partial charge is 0.387 e. The molecule has 0 spiro atoms. The number of nitrogens with one attached hydrogen (secondary N) is 1. The van der Waals surface area contributed by atoms with Crippen LogP contribution in [0.5, 0.6) is 0 Å². The third-order valence-electron chi connectivity index (χ3n) is 10.6. The molecular formula is C57H98N2O6P+.